The molecule has 1 saturated heterocycles. The minimum Gasteiger partial charge on any atom is -0.396 e. The molecular formula is C13H19N5O2. The van der Waals surface area contributed by atoms with Crippen LogP contribution in [0.5, 0.6) is 0 Å². The zero-order chi connectivity index (χ0) is 14.7. The largest absolute Gasteiger partial charge is 0.396 e. The maximum atomic E-state index is 12.5. The number of amides is 2. The van der Waals surface area contributed by atoms with Gasteiger partial charge in [-0.3, -0.25) is 9.59 Å². The Bertz CT molecular complexity index is 529. The van der Waals surface area contributed by atoms with Gasteiger partial charge < -0.3 is 16.0 Å². The fraction of sp³-hybridized carbons (Fsp3) is 0.538. The molecule has 0 spiro atoms. The molecule has 1 aliphatic rings. The molecule has 0 aliphatic carbocycles. The summed E-state index contributed by atoms with van der Waals surface area (Å²) in [7, 11) is 0. The highest BCUT2D eigenvalue weighted by molar-refractivity contribution is 5.97. The zero-order valence-corrected chi connectivity index (χ0v) is 11.7. The van der Waals surface area contributed by atoms with Crippen LogP contribution in [0.25, 0.3) is 0 Å². The SMILES string of the molecule is CC(C)c1ncc(N)c(C(=O)N2CCNC(=O)CC2)n1. The van der Waals surface area contributed by atoms with Gasteiger partial charge in [0.15, 0.2) is 5.69 Å². The number of anilines is 1. The summed E-state index contributed by atoms with van der Waals surface area (Å²) >= 11 is 0. The highest BCUT2D eigenvalue weighted by Gasteiger charge is 2.23. The third-order valence-corrected chi connectivity index (χ3v) is 3.15. The lowest BCUT2D eigenvalue weighted by atomic mass is 10.2. The van der Waals surface area contributed by atoms with Gasteiger partial charge in [-0.15, -0.1) is 0 Å². The van der Waals surface area contributed by atoms with E-state index in [1.54, 1.807) is 4.90 Å². The Hall–Kier alpha value is -2.18. The van der Waals surface area contributed by atoms with E-state index in [1.807, 2.05) is 13.8 Å². The molecule has 1 aromatic rings. The van der Waals surface area contributed by atoms with Crippen molar-refractivity contribution in [2.75, 3.05) is 25.4 Å². The van der Waals surface area contributed by atoms with Crippen LogP contribution in [0.15, 0.2) is 6.20 Å². The van der Waals surface area contributed by atoms with Crippen molar-refractivity contribution in [1.82, 2.24) is 20.2 Å². The molecule has 1 aromatic heterocycles. The number of nitrogens with one attached hydrogen (secondary N) is 1. The van der Waals surface area contributed by atoms with Crippen LogP contribution in [0.4, 0.5) is 5.69 Å². The fourth-order valence-corrected chi connectivity index (χ4v) is 1.97. The van der Waals surface area contributed by atoms with Gasteiger partial charge in [0.2, 0.25) is 5.91 Å². The molecule has 2 heterocycles. The lowest BCUT2D eigenvalue weighted by molar-refractivity contribution is -0.120. The van der Waals surface area contributed by atoms with Gasteiger partial charge in [-0.25, -0.2) is 9.97 Å². The molecule has 0 aromatic carbocycles. The summed E-state index contributed by atoms with van der Waals surface area (Å²) in [6.45, 7) is 5.20. The summed E-state index contributed by atoms with van der Waals surface area (Å²) < 4.78 is 0. The standard InChI is InChI=1S/C13H19N5O2/c1-8(2)12-16-7-9(14)11(17-12)13(20)18-5-3-10(19)15-4-6-18/h7-8H,3-6,14H2,1-2H3,(H,15,19). The minimum atomic E-state index is -0.247. The van der Waals surface area contributed by atoms with E-state index in [-0.39, 0.29) is 29.1 Å². The topological polar surface area (TPSA) is 101 Å². The van der Waals surface area contributed by atoms with Crippen molar-refractivity contribution in [2.24, 2.45) is 0 Å². The number of hydrogen-bond donors (Lipinski definition) is 2. The molecule has 3 N–H and O–H groups in total. The minimum absolute atomic E-state index is 0.0428. The molecule has 0 atom stereocenters. The van der Waals surface area contributed by atoms with Crippen LogP contribution < -0.4 is 11.1 Å². The molecule has 7 heteroatoms. The summed E-state index contributed by atoms with van der Waals surface area (Å²) in [6.07, 6.45) is 1.77. The molecule has 0 saturated carbocycles. The predicted octanol–water partition coefficient (Wildman–Crippen LogP) is 0.144. The van der Waals surface area contributed by atoms with E-state index in [0.717, 1.165) is 0 Å². The second kappa shape index (κ2) is 5.85. The molecule has 108 valence electrons. The van der Waals surface area contributed by atoms with Crippen LogP contribution in [0.2, 0.25) is 0 Å². The van der Waals surface area contributed by atoms with E-state index in [9.17, 15) is 9.59 Å². The molecule has 0 bridgehead atoms. The third kappa shape index (κ3) is 3.04. The Morgan fingerprint density at radius 3 is 2.90 bits per heavy atom. The molecule has 1 aliphatic heterocycles. The number of nitrogens with zero attached hydrogens (tertiary/aromatic N) is 3. The van der Waals surface area contributed by atoms with Crippen LogP contribution in [-0.2, 0) is 4.79 Å². The van der Waals surface area contributed by atoms with Gasteiger partial charge >= 0.3 is 0 Å². The fourth-order valence-electron chi connectivity index (χ4n) is 1.97. The smallest absolute Gasteiger partial charge is 0.274 e. The molecular weight excluding hydrogens is 258 g/mol. The van der Waals surface area contributed by atoms with Gasteiger partial charge in [-0.2, -0.15) is 0 Å². The van der Waals surface area contributed by atoms with Crippen molar-refractivity contribution in [3.8, 4) is 0 Å². The van der Waals surface area contributed by atoms with Gasteiger partial charge in [-0.05, 0) is 0 Å². The van der Waals surface area contributed by atoms with E-state index in [4.69, 9.17) is 5.73 Å². The zero-order valence-electron chi connectivity index (χ0n) is 11.7. The van der Waals surface area contributed by atoms with Crippen LogP contribution in [-0.4, -0.2) is 46.3 Å². The number of nitrogen functional groups attached to an aromatic ring is 1. The molecule has 2 amide bonds. The predicted molar refractivity (Wildman–Crippen MR) is 74.1 cm³/mol. The monoisotopic (exact) mass is 277 g/mol. The first kappa shape index (κ1) is 14.2. The Morgan fingerprint density at radius 1 is 1.45 bits per heavy atom. The van der Waals surface area contributed by atoms with Gasteiger partial charge in [-0.1, -0.05) is 13.8 Å². The number of carbonyl (C=O) groups is 2. The molecule has 1 fully saturated rings. The number of hydrogen-bond acceptors (Lipinski definition) is 5. The molecule has 7 nitrogen and oxygen atoms in total. The van der Waals surface area contributed by atoms with E-state index in [2.05, 4.69) is 15.3 Å². The number of carbonyl (C=O) groups excluding carboxylic acids is 2. The number of nitrogens with two attached hydrogens (primary N) is 1. The molecule has 20 heavy (non-hydrogen) atoms. The first-order valence-electron chi connectivity index (χ1n) is 6.67. The maximum Gasteiger partial charge on any atom is 0.274 e. The van der Waals surface area contributed by atoms with Gasteiger partial charge in [0, 0.05) is 32.0 Å². The third-order valence-electron chi connectivity index (χ3n) is 3.15. The Labute approximate surface area is 117 Å². The van der Waals surface area contributed by atoms with Crippen molar-refractivity contribution in [3.63, 3.8) is 0 Å². The molecule has 0 radical (unpaired) electrons. The van der Waals surface area contributed by atoms with E-state index in [0.29, 0.717) is 31.9 Å². The maximum absolute atomic E-state index is 12.5. The van der Waals surface area contributed by atoms with Crippen molar-refractivity contribution in [1.29, 1.82) is 0 Å². The normalized spacial score (nSPS) is 15.9. The van der Waals surface area contributed by atoms with Crippen molar-refractivity contribution < 1.29 is 9.59 Å². The van der Waals surface area contributed by atoms with Crippen molar-refractivity contribution in [2.45, 2.75) is 26.2 Å². The highest BCUT2D eigenvalue weighted by Crippen LogP contribution is 2.16. The molecule has 2 rings (SSSR count). The second-order valence-corrected chi connectivity index (χ2v) is 5.08. The van der Waals surface area contributed by atoms with E-state index >= 15 is 0 Å². The van der Waals surface area contributed by atoms with E-state index in [1.165, 1.54) is 6.20 Å². The molecule has 0 unspecified atom stereocenters. The summed E-state index contributed by atoms with van der Waals surface area (Å²) in [5.41, 5.74) is 6.30. The van der Waals surface area contributed by atoms with Crippen LogP contribution >= 0.6 is 0 Å². The average molecular weight is 277 g/mol. The van der Waals surface area contributed by atoms with Crippen LogP contribution in [0.3, 0.4) is 0 Å². The first-order valence-corrected chi connectivity index (χ1v) is 6.67. The Balaban J connectivity index is 2.23. The highest BCUT2D eigenvalue weighted by atomic mass is 16.2. The lowest BCUT2D eigenvalue weighted by Crippen LogP contribution is -2.35. The summed E-state index contributed by atoms with van der Waals surface area (Å²) in [5, 5.41) is 2.73. The average Bonchev–Trinajstić information content (AvgIpc) is 2.63. The van der Waals surface area contributed by atoms with Gasteiger partial charge in [0.1, 0.15) is 5.82 Å². The van der Waals surface area contributed by atoms with E-state index < -0.39 is 0 Å². The Morgan fingerprint density at radius 2 is 2.20 bits per heavy atom. The summed E-state index contributed by atoms with van der Waals surface area (Å²) in [4.78, 5) is 33.8. The lowest BCUT2D eigenvalue weighted by Gasteiger charge is -2.20. The van der Waals surface area contributed by atoms with Crippen molar-refractivity contribution >= 4 is 17.5 Å². The van der Waals surface area contributed by atoms with Crippen molar-refractivity contribution in [3.05, 3.63) is 17.7 Å². The first-order chi connectivity index (χ1) is 9.49. The summed E-state index contributed by atoms with van der Waals surface area (Å²) in [6, 6.07) is 0. The van der Waals surface area contributed by atoms with Gasteiger partial charge in [0.05, 0.1) is 11.9 Å². The quantitative estimate of drug-likeness (QED) is 0.801. The Kier molecular flexibility index (Phi) is 4.16. The van der Waals surface area contributed by atoms with Crippen LogP contribution in [0, 0.1) is 0 Å². The summed E-state index contributed by atoms with van der Waals surface area (Å²) in [5.74, 6) is 0.420. The van der Waals surface area contributed by atoms with Crippen LogP contribution in [0.1, 0.15) is 42.5 Å². The van der Waals surface area contributed by atoms with Gasteiger partial charge in [0.25, 0.3) is 5.91 Å². The number of aromatic nitrogens is 2. The second-order valence-electron chi connectivity index (χ2n) is 5.08. The number of rotatable bonds is 2.